The first kappa shape index (κ1) is 20.7. The number of rotatable bonds is 4. The molecule has 0 spiro atoms. The molecule has 34 heavy (non-hydrogen) atoms. The number of nitrogens with zero attached hydrogens (tertiary/aromatic N) is 2. The van der Waals surface area contributed by atoms with E-state index in [0.717, 1.165) is 33.6 Å². The highest BCUT2D eigenvalue weighted by molar-refractivity contribution is 6.09. The number of aromatic nitrogens is 2. The molecule has 0 fully saturated rings. The first-order valence-corrected chi connectivity index (χ1v) is 12.1. The molecule has 3 nitrogen and oxygen atoms in total. The van der Waals surface area contributed by atoms with Crippen LogP contribution >= 0.6 is 0 Å². The molecule has 168 valence electrons. The average Bonchev–Trinajstić information content (AvgIpc) is 3.41. The van der Waals surface area contributed by atoms with Crippen molar-refractivity contribution >= 4 is 33.0 Å². The number of fused-ring (bicyclic) bond motifs is 4. The molecular formula is C31H28N2O. The summed E-state index contributed by atoms with van der Waals surface area (Å²) in [6.45, 7) is 9.09. The van der Waals surface area contributed by atoms with Crippen molar-refractivity contribution in [1.29, 1.82) is 0 Å². The minimum Gasteiger partial charge on any atom is -0.456 e. The molecule has 0 atom stereocenters. The molecule has 0 aliphatic heterocycles. The molecule has 3 heteroatoms. The Morgan fingerprint density at radius 1 is 0.735 bits per heavy atom. The van der Waals surface area contributed by atoms with Crippen LogP contribution in [0.2, 0.25) is 0 Å². The van der Waals surface area contributed by atoms with Gasteiger partial charge < -0.3 is 4.42 Å². The van der Waals surface area contributed by atoms with Gasteiger partial charge in [0.25, 0.3) is 0 Å². The van der Waals surface area contributed by atoms with Crippen LogP contribution in [0.15, 0.2) is 89.3 Å². The van der Waals surface area contributed by atoms with Crippen molar-refractivity contribution in [3.8, 4) is 17.1 Å². The predicted molar refractivity (Wildman–Crippen MR) is 142 cm³/mol. The molecule has 0 aliphatic rings. The van der Waals surface area contributed by atoms with Gasteiger partial charge in [-0.05, 0) is 47.2 Å². The SMILES string of the molecule is CC(C)c1cc2oc3ccccc3c2c(C(C)C)c1-n1c(-c2ccccc2)nc2ccccc21. The van der Waals surface area contributed by atoms with Crippen molar-refractivity contribution < 1.29 is 4.42 Å². The second-order valence-electron chi connectivity index (χ2n) is 9.63. The third kappa shape index (κ3) is 3.07. The maximum atomic E-state index is 6.38. The quantitative estimate of drug-likeness (QED) is 0.272. The Labute approximate surface area is 199 Å². The van der Waals surface area contributed by atoms with Gasteiger partial charge in [-0.1, -0.05) is 88.4 Å². The van der Waals surface area contributed by atoms with Gasteiger partial charge in [0.2, 0.25) is 0 Å². The summed E-state index contributed by atoms with van der Waals surface area (Å²) in [6.07, 6.45) is 0. The fourth-order valence-corrected chi connectivity index (χ4v) is 5.21. The van der Waals surface area contributed by atoms with Crippen LogP contribution in [0, 0.1) is 0 Å². The monoisotopic (exact) mass is 444 g/mol. The van der Waals surface area contributed by atoms with Crippen LogP contribution < -0.4 is 0 Å². The van der Waals surface area contributed by atoms with E-state index in [2.05, 4.69) is 111 Å². The van der Waals surface area contributed by atoms with Crippen LogP contribution in [0.3, 0.4) is 0 Å². The highest BCUT2D eigenvalue weighted by Crippen LogP contribution is 2.44. The molecule has 6 aromatic rings. The summed E-state index contributed by atoms with van der Waals surface area (Å²) in [6, 6.07) is 29.6. The molecule has 0 amide bonds. The number of hydrogen-bond acceptors (Lipinski definition) is 2. The van der Waals surface area contributed by atoms with Crippen LogP contribution in [0.4, 0.5) is 0 Å². The number of para-hydroxylation sites is 3. The zero-order valence-electron chi connectivity index (χ0n) is 20.0. The van der Waals surface area contributed by atoms with Gasteiger partial charge in [-0.25, -0.2) is 4.98 Å². The number of imidazole rings is 1. The maximum Gasteiger partial charge on any atom is 0.145 e. The van der Waals surface area contributed by atoms with E-state index in [1.807, 2.05) is 6.07 Å². The fourth-order valence-electron chi connectivity index (χ4n) is 5.21. The fraction of sp³-hybridized carbons (Fsp3) is 0.194. The molecule has 0 unspecified atom stereocenters. The van der Waals surface area contributed by atoms with Crippen molar-refractivity contribution in [2.75, 3.05) is 0 Å². The van der Waals surface area contributed by atoms with E-state index in [1.54, 1.807) is 0 Å². The van der Waals surface area contributed by atoms with E-state index in [4.69, 9.17) is 9.40 Å². The Kier molecular flexibility index (Phi) is 4.80. The van der Waals surface area contributed by atoms with Gasteiger partial charge in [0.15, 0.2) is 0 Å². The first-order valence-electron chi connectivity index (χ1n) is 12.1. The lowest BCUT2D eigenvalue weighted by Crippen LogP contribution is -2.09. The largest absolute Gasteiger partial charge is 0.456 e. The average molecular weight is 445 g/mol. The van der Waals surface area contributed by atoms with Crippen LogP contribution in [0.5, 0.6) is 0 Å². The number of hydrogen-bond donors (Lipinski definition) is 0. The molecule has 0 aliphatic carbocycles. The lowest BCUT2D eigenvalue weighted by Gasteiger charge is -2.23. The number of benzene rings is 4. The van der Waals surface area contributed by atoms with Gasteiger partial charge in [-0.2, -0.15) is 0 Å². The molecule has 4 aromatic carbocycles. The van der Waals surface area contributed by atoms with E-state index >= 15 is 0 Å². The van der Waals surface area contributed by atoms with Crippen molar-refractivity contribution in [3.05, 3.63) is 96.1 Å². The summed E-state index contributed by atoms with van der Waals surface area (Å²) >= 11 is 0. The van der Waals surface area contributed by atoms with E-state index in [9.17, 15) is 0 Å². The van der Waals surface area contributed by atoms with Gasteiger partial charge >= 0.3 is 0 Å². The summed E-state index contributed by atoms with van der Waals surface area (Å²) < 4.78 is 8.77. The van der Waals surface area contributed by atoms with Crippen molar-refractivity contribution in [3.63, 3.8) is 0 Å². The first-order chi connectivity index (χ1) is 16.5. The standard InChI is InChI=1S/C31H28N2O/c1-19(2)23-18-27-29(22-14-8-11-17-26(22)34-27)28(20(3)4)30(23)33-25-16-10-9-15-24(25)32-31(33)21-12-6-5-7-13-21/h5-20H,1-4H3. The summed E-state index contributed by atoms with van der Waals surface area (Å²) in [5, 5.41) is 2.38. The normalized spacial score (nSPS) is 12.1. The minimum absolute atomic E-state index is 0.294. The van der Waals surface area contributed by atoms with Gasteiger partial charge in [-0.3, -0.25) is 4.57 Å². The van der Waals surface area contributed by atoms with Crippen LogP contribution in [0.25, 0.3) is 50.0 Å². The predicted octanol–water partition coefficient (Wildman–Crippen LogP) is 8.84. The molecule has 6 rings (SSSR count). The van der Waals surface area contributed by atoms with Crippen molar-refractivity contribution in [1.82, 2.24) is 9.55 Å². The van der Waals surface area contributed by atoms with E-state index in [1.165, 1.54) is 27.6 Å². The van der Waals surface area contributed by atoms with Crippen molar-refractivity contribution in [2.24, 2.45) is 0 Å². The van der Waals surface area contributed by atoms with Gasteiger partial charge in [-0.15, -0.1) is 0 Å². The zero-order chi connectivity index (χ0) is 23.4. The Morgan fingerprint density at radius 2 is 1.44 bits per heavy atom. The maximum absolute atomic E-state index is 6.38. The minimum atomic E-state index is 0.294. The second kappa shape index (κ2) is 7.88. The Balaban J connectivity index is 1.85. The second-order valence-corrected chi connectivity index (χ2v) is 9.63. The van der Waals surface area contributed by atoms with Gasteiger partial charge in [0.1, 0.15) is 17.0 Å². The lowest BCUT2D eigenvalue weighted by atomic mass is 9.88. The molecule has 2 aromatic heterocycles. The lowest BCUT2D eigenvalue weighted by molar-refractivity contribution is 0.666. The summed E-state index contributed by atoms with van der Waals surface area (Å²) in [4.78, 5) is 5.13. The molecule has 0 N–H and O–H groups in total. The highest BCUT2D eigenvalue weighted by atomic mass is 16.3. The molecule has 0 bridgehead atoms. The highest BCUT2D eigenvalue weighted by Gasteiger charge is 2.26. The Bertz CT molecular complexity index is 1650. The zero-order valence-corrected chi connectivity index (χ0v) is 20.0. The Morgan fingerprint density at radius 3 is 2.21 bits per heavy atom. The van der Waals surface area contributed by atoms with E-state index in [-0.39, 0.29) is 0 Å². The summed E-state index contributed by atoms with van der Waals surface area (Å²) in [7, 11) is 0. The molecule has 0 radical (unpaired) electrons. The van der Waals surface area contributed by atoms with Crippen LogP contribution in [-0.4, -0.2) is 9.55 Å². The third-order valence-corrected chi connectivity index (χ3v) is 6.72. The van der Waals surface area contributed by atoms with Gasteiger partial charge in [0, 0.05) is 16.3 Å². The molecule has 0 saturated carbocycles. The van der Waals surface area contributed by atoms with Crippen molar-refractivity contribution in [2.45, 2.75) is 39.5 Å². The summed E-state index contributed by atoms with van der Waals surface area (Å²) in [5.74, 6) is 1.58. The van der Waals surface area contributed by atoms with Crippen LogP contribution in [0.1, 0.15) is 50.7 Å². The van der Waals surface area contributed by atoms with E-state index in [0.29, 0.717) is 11.8 Å². The van der Waals surface area contributed by atoms with E-state index < -0.39 is 0 Å². The molecule has 0 saturated heterocycles. The summed E-state index contributed by atoms with van der Waals surface area (Å²) in [5.41, 5.74) is 8.95. The Hall–Kier alpha value is -3.85. The van der Waals surface area contributed by atoms with Crippen LogP contribution in [-0.2, 0) is 0 Å². The third-order valence-electron chi connectivity index (χ3n) is 6.72. The molecular weight excluding hydrogens is 416 g/mol. The van der Waals surface area contributed by atoms with Gasteiger partial charge in [0.05, 0.1) is 16.7 Å². The number of furan rings is 1. The topological polar surface area (TPSA) is 31.0 Å². The molecule has 2 heterocycles. The smallest absolute Gasteiger partial charge is 0.145 e.